The molecule has 1 fully saturated rings. The van der Waals surface area contributed by atoms with Gasteiger partial charge in [0.2, 0.25) is 0 Å². The summed E-state index contributed by atoms with van der Waals surface area (Å²) in [4.78, 5) is 2.57. The van der Waals surface area contributed by atoms with Crippen LogP contribution in [0.2, 0.25) is 0 Å². The van der Waals surface area contributed by atoms with Crippen molar-refractivity contribution in [3.8, 4) is 0 Å². The molecule has 1 saturated heterocycles. The molecular formula is C17H28N2. The van der Waals surface area contributed by atoms with Crippen LogP contribution >= 0.6 is 0 Å². The highest BCUT2D eigenvalue weighted by molar-refractivity contribution is 5.34. The Kier molecular flexibility index (Phi) is 7.46. The Morgan fingerprint density at radius 3 is 2.32 bits per heavy atom. The molecule has 1 atom stereocenters. The zero-order valence-electron chi connectivity index (χ0n) is 12.8. The van der Waals surface area contributed by atoms with E-state index >= 15 is 0 Å². The Balaban J connectivity index is 3.01. The summed E-state index contributed by atoms with van der Waals surface area (Å²) in [7, 11) is 0. The molecule has 1 rings (SSSR count). The molecule has 0 aliphatic carbocycles. The van der Waals surface area contributed by atoms with Crippen LogP contribution in [-0.4, -0.2) is 37.1 Å². The van der Waals surface area contributed by atoms with Crippen molar-refractivity contribution in [2.75, 3.05) is 26.2 Å². The molecule has 1 unspecified atom stereocenters. The van der Waals surface area contributed by atoms with Crippen molar-refractivity contribution in [3.63, 3.8) is 0 Å². The second-order valence-corrected chi connectivity index (χ2v) is 4.91. The van der Waals surface area contributed by atoms with Crippen molar-refractivity contribution in [2.24, 2.45) is 0 Å². The lowest BCUT2D eigenvalue weighted by atomic mass is 9.96. The molecule has 1 aliphatic heterocycles. The molecule has 0 aromatic carbocycles. The number of nitrogens with one attached hydrogen (secondary N) is 1. The van der Waals surface area contributed by atoms with E-state index in [1.165, 1.54) is 11.1 Å². The number of allylic oxidation sites excluding steroid dienone is 5. The van der Waals surface area contributed by atoms with E-state index in [2.05, 4.69) is 74.4 Å². The van der Waals surface area contributed by atoms with Crippen molar-refractivity contribution >= 4 is 0 Å². The molecule has 0 amide bonds. The van der Waals surface area contributed by atoms with Crippen molar-refractivity contribution in [1.82, 2.24) is 10.2 Å². The van der Waals surface area contributed by atoms with Crippen LogP contribution in [0, 0.1) is 0 Å². The summed E-state index contributed by atoms with van der Waals surface area (Å²) < 4.78 is 0. The Hall–Kier alpha value is -1.12. The van der Waals surface area contributed by atoms with Gasteiger partial charge in [-0.25, -0.2) is 0 Å². The van der Waals surface area contributed by atoms with E-state index in [-0.39, 0.29) is 0 Å². The number of hydrogen-bond acceptors (Lipinski definition) is 2. The summed E-state index contributed by atoms with van der Waals surface area (Å²) in [6.45, 7) is 12.9. The highest BCUT2D eigenvalue weighted by atomic mass is 15.2. The van der Waals surface area contributed by atoms with Crippen LogP contribution in [0.4, 0.5) is 0 Å². The zero-order valence-corrected chi connectivity index (χ0v) is 12.8. The van der Waals surface area contributed by atoms with Crippen molar-refractivity contribution in [1.29, 1.82) is 0 Å². The maximum absolute atomic E-state index is 3.43. The van der Waals surface area contributed by atoms with Gasteiger partial charge in [-0.15, -0.1) is 0 Å². The molecular weight excluding hydrogens is 232 g/mol. The van der Waals surface area contributed by atoms with Gasteiger partial charge in [-0.1, -0.05) is 42.0 Å². The topological polar surface area (TPSA) is 15.3 Å². The van der Waals surface area contributed by atoms with Crippen molar-refractivity contribution in [3.05, 3.63) is 47.6 Å². The second-order valence-electron chi connectivity index (χ2n) is 4.91. The van der Waals surface area contributed by atoms with Gasteiger partial charge in [-0.3, -0.25) is 4.90 Å². The van der Waals surface area contributed by atoms with Crippen molar-refractivity contribution < 1.29 is 0 Å². The lowest BCUT2D eigenvalue weighted by Gasteiger charge is -2.36. The summed E-state index contributed by atoms with van der Waals surface area (Å²) in [5, 5.41) is 3.43. The predicted molar refractivity (Wildman–Crippen MR) is 85.4 cm³/mol. The summed E-state index contributed by atoms with van der Waals surface area (Å²) in [5.41, 5.74) is 2.80. The van der Waals surface area contributed by atoms with Gasteiger partial charge in [0.15, 0.2) is 0 Å². The van der Waals surface area contributed by atoms with Crippen LogP contribution in [0.3, 0.4) is 0 Å². The highest BCUT2D eigenvalue weighted by Gasteiger charge is 2.23. The molecule has 19 heavy (non-hydrogen) atoms. The quantitative estimate of drug-likeness (QED) is 0.763. The van der Waals surface area contributed by atoms with Gasteiger partial charge in [-0.05, 0) is 33.3 Å². The number of nitrogens with zero attached hydrogens (tertiary/aromatic N) is 1. The molecule has 0 saturated carbocycles. The largest absolute Gasteiger partial charge is 0.314 e. The van der Waals surface area contributed by atoms with E-state index in [9.17, 15) is 0 Å². The zero-order chi connectivity index (χ0) is 14.1. The SMILES string of the molecule is C/C=C\C=C(/C)C(C(/C=C\C)=C/C)N1CCNCC1. The normalized spacial score (nSPS) is 21.5. The van der Waals surface area contributed by atoms with Crippen LogP contribution in [0.15, 0.2) is 47.6 Å². The van der Waals surface area contributed by atoms with Crippen LogP contribution in [0.5, 0.6) is 0 Å². The van der Waals surface area contributed by atoms with Gasteiger partial charge < -0.3 is 5.32 Å². The second kappa shape index (κ2) is 8.89. The molecule has 1 aliphatic rings. The predicted octanol–water partition coefficient (Wildman–Crippen LogP) is 3.31. The Labute approximate surface area is 118 Å². The van der Waals surface area contributed by atoms with E-state index in [1.54, 1.807) is 0 Å². The lowest BCUT2D eigenvalue weighted by molar-refractivity contribution is 0.216. The van der Waals surface area contributed by atoms with Gasteiger partial charge in [0.1, 0.15) is 0 Å². The van der Waals surface area contributed by atoms with E-state index < -0.39 is 0 Å². The van der Waals surface area contributed by atoms with Crippen LogP contribution in [-0.2, 0) is 0 Å². The van der Waals surface area contributed by atoms with E-state index in [0.717, 1.165) is 26.2 Å². The maximum atomic E-state index is 3.43. The molecule has 0 spiro atoms. The van der Waals surface area contributed by atoms with Gasteiger partial charge in [0.25, 0.3) is 0 Å². The first-order valence-electron chi connectivity index (χ1n) is 7.27. The fraction of sp³-hybridized carbons (Fsp3) is 0.529. The standard InChI is InChI=1S/C17H28N2/c1-5-8-10-15(4)17(16(7-3)9-6-2)19-13-11-18-12-14-19/h5-10,17-18H,11-14H2,1-4H3/b8-5-,9-6-,15-10+,16-7+. The third-order valence-corrected chi connectivity index (χ3v) is 3.51. The molecule has 2 heteroatoms. The van der Waals surface area contributed by atoms with Gasteiger partial charge >= 0.3 is 0 Å². The lowest BCUT2D eigenvalue weighted by Crippen LogP contribution is -2.49. The monoisotopic (exact) mass is 260 g/mol. The number of hydrogen-bond donors (Lipinski definition) is 1. The molecule has 106 valence electrons. The van der Waals surface area contributed by atoms with Crippen LogP contribution in [0.25, 0.3) is 0 Å². The summed E-state index contributed by atoms with van der Waals surface area (Å²) >= 11 is 0. The molecule has 0 radical (unpaired) electrons. The first-order chi connectivity index (χ1) is 9.24. The average molecular weight is 260 g/mol. The average Bonchev–Trinajstić information content (AvgIpc) is 2.45. The third-order valence-electron chi connectivity index (χ3n) is 3.51. The maximum Gasteiger partial charge on any atom is 0.0559 e. The van der Waals surface area contributed by atoms with Gasteiger partial charge in [0, 0.05) is 26.2 Å². The molecule has 0 bridgehead atoms. The molecule has 2 nitrogen and oxygen atoms in total. The fourth-order valence-electron chi connectivity index (χ4n) is 2.58. The first kappa shape index (κ1) is 15.9. The highest BCUT2D eigenvalue weighted by Crippen LogP contribution is 2.21. The Morgan fingerprint density at radius 1 is 1.11 bits per heavy atom. The number of piperazine rings is 1. The Bertz CT molecular complexity index is 369. The third kappa shape index (κ3) is 4.81. The summed E-state index contributed by atoms with van der Waals surface area (Å²) in [5.74, 6) is 0. The van der Waals surface area contributed by atoms with Crippen LogP contribution in [0.1, 0.15) is 27.7 Å². The van der Waals surface area contributed by atoms with E-state index in [1.807, 2.05) is 0 Å². The van der Waals surface area contributed by atoms with E-state index in [4.69, 9.17) is 0 Å². The molecule has 0 aromatic rings. The van der Waals surface area contributed by atoms with E-state index in [0.29, 0.717) is 6.04 Å². The number of rotatable bonds is 5. The Morgan fingerprint density at radius 2 is 1.79 bits per heavy atom. The van der Waals surface area contributed by atoms with Crippen molar-refractivity contribution in [2.45, 2.75) is 33.7 Å². The fourth-order valence-corrected chi connectivity index (χ4v) is 2.58. The van der Waals surface area contributed by atoms with Gasteiger partial charge in [0.05, 0.1) is 6.04 Å². The summed E-state index contributed by atoms with van der Waals surface area (Å²) in [6.07, 6.45) is 13.1. The molecule has 0 aromatic heterocycles. The minimum Gasteiger partial charge on any atom is -0.314 e. The molecule has 1 N–H and O–H groups in total. The van der Waals surface area contributed by atoms with Crippen LogP contribution < -0.4 is 5.32 Å². The molecule has 1 heterocycles. The smallest absolute Gasteiger partial charge is 0.0559 e. The first-order valence-corrected chi connectivity index (χ1v) is 7.27. The minimum atomic E-state index is 0.402. The van der Waals surface area contributed by atoms with Gasteiger partial charge in [-0.2, -0.15) is 0 Å². The minimum absolute atomic E-state index is 0.402. The summed E-state index contributed by atoms with van der Waals surface area (Å²) in [6, 6.07) is 0.402.